The Morgan fingerprint density at radius 2 is 2.10 bits per heavy atom. The second-order valence-corrected chi connectivity index (χ2v) is 7.59. The molecule has 0 aliphatic carbocycles. The lowest BCUT2D eigenvalue weighted by atomic mass is 10.0. The molecule has 1 fully saturated rings. The Morgan fingerprint density at radius 3 is 2.70 bits per heavy atom. The molecule has 1 saturated heterocycles. The second kappa shape index (κ2) is 5.91. The molecule has 0 aromatic heterocycles. The van der Waals surface area contributed by atoms with Crippen LogP contribution in [0, 0.1) is 5.82 Å². The van der Waals surface area contributed by atoms with Crippen molar-refractivity contribution >= 4 is 31.7 Å². The Hall–Kier alpha value is -0.790. The third kappa shape index (κ3) is 2.94. The molecular formula is C13H15BrFNO3S. The highest BCUT2D eigenvalue weighted by Gasteiger charge is 2.37. The van der Waals surface area contributed by atoms with Crippen LogP contribution in [-0.2, 0) is 14.8 Å². The van der Waals surface area contributed by atoms with Gasteiger partial charge in [0.25, 0.3) is 0 Å². The number of nitrogens with zero attached hydrogens (tertiary/aromatic N) is 1. The molecule has 0 radical (unpaired) electrons. The van der Waals surface area contributed by atoms with E-state index in [1.807, 2.05) is 0 Å². The fourth-order valence-corrected chi connectivity index (χ4v) is 4.50. The van der Waals surface area contributed by atoms with Gasteiger partial charge in [-0.3, -0.25) is 4.79 Å². The van der Waals surface area contributed by atoms with Crippen molar-refractivity contribution < 1.29 is 17.6 Å². The summed E-state index contributed by atoms with van der Waals surface area (Å²) in [5.41, 5.74) is 0. The molecule has 20 heavy (non-hydrogen) atoms. The van der Waals surface area contributed by atoms with Crippen molar-refractivity contribution in [1.29, 1.82) is 0 Å². The Labute approximate surface area is 126 Å². The summed E-state index contributed by atoms with van der Waals surface area (Å²) in [5.74, 6) is -1.02. The van der Waals surface area contributed by atoms with Gasteiger partial charge >= 0.3 is 0 Å². The number of Topliss-reactive ketones (excluding diaryl/α,β-unsaturated/α-hetero) is 1. The van der Waals surface area contributed by atoms with E-state index in [0.29, 0.717) is 17.3 Å². The van der Waals surface area contributed by atoms with E-state index in [-0.39, 0.29) is 17.2 Å². The van der Waals surface area contributed by atoms with E-state index in [9.17, 15) is 17.6 Å². The SMILES string of the molecule is CC(=O)C1CCCCN1S(=O)(=O)c1ccc(Br)cc1F. The fraction of sp³-hybridized carbons (Fsp3) is 0.462. The van der Waals surface area contributed by atoms with Crippen molar-refractivity contribution in [1.82, 2.24) is 4.31 Å². The van der Waals surface area contributed by atoms with E-state index >= 15 is 0 Å². The van der Waals surface area contributed by atoms with Gasteiger partial charge in [-0.2, -0.15) is 4.31 Å². The van der Waals surface area contributed by atoms with Gasteiger partial charge < -0.3 is 0 Å². The molecule has 1 aromatic rings. The molecule has 1 unspecified atom stereocenters. The zero-order valence-corrected chi connectivity index (χ0v) is 13.4. The van der Waals surface area contributed by atoms with Crippen LogP contribution in [0.4, 0.5) is 4.39 Å². The summed E-state index contributed by atoms with van der Waals surface area (Å²) in [6, 6.07) is 3.12. The van der Waals surface area contributed by atoms with Crippen molar-refractivity contribution in [2.45, 2.75) is 37.1 Å². The normalized spacial score (nSPS) is 20.9. The standard InChI is InChI=1S/C13H15BrFNO3S/c1-9(17)12-4-2-3-7-16(12)20(18,19)13-6-5-10(14)8-11(13)15/h5-6,8,12H,2-4,7H2,1H3. The number of carbonyl (C=O) groups is 1. The molecule has 110 valence electrons. The highest BCUT2D eigenvalue weighted by molar-refractivity contribution is 9.10. The van der Waals surface area contributed by atoms with Crippen LogP contribution in [0.25, 0.3) is 0 Å². The van der Waals surface area contributed by atoms with Crippen LogP contribution in [0.1, 0.15) is 26.2 Å². The minimum atomic E-state index is -3.99. The largest absolute Gasteiger partial charge is 0.298 e. The number of rotatable bonds is 3. The lowest BCUT2D eigenvalue weighted by Crippen LogP contribution is -2.47. The van der Waals surface area contributed by atoms with Gasteiger partial charge in [0.05, 0.1) is 6.04 Å². The zero-order chi connectivity index (χ0) is 14.9. The third-order valence-electron chi connectivity index (χ3n) is 3.40. The van der Waals surface area contributed by atoms with E-state index in [4.69, 9.17) is 0 Å². The maximum atomic E-state index is 13.9. The third-order valence-corrected chi connectivity index (χ3v) is 5.84. The molecule has 0 bridgehead atoms. The summed E-state index contributed by atoms with van der Waals surface area (Å²) in [6.07, 6.45) is 1.98. The summed E-state index contributed by atoms with van der Waals surface area (Å²) in [7, 11) is -3.99. The maximum Gasteiger partial charge on any atom is 0.246 e. The first-order chi connectivity index (χ1) is 9.34. The zero-order valence-electron chi connectivity index (χ0n) is 11.0. The Morgan fingerprint density at radius 1 is 1.40 bits per heavy atom. The summed E-state index contributed by atoms with van der Waals surface area (Å²) in [4.78, 5) is 11.2. The van der Waals surface area contributed by atoms with Crippen LogP contribution < -0.4 is 0 Å². The van der Waals surface area contributed by atoms with Crippen LogP contribution in [0.2, 0.25) is 0 Å². The minimum absolute atomic E-state index is 0.203. The van der Waals surface area contributed by atoms with Crippen molar-refractivity contribution in [2.24, 2.45) is 0 Å². The minimum Gasteiger partial charge on any atom is -0.298 e. The monoisotopic (exact) mass is 363 g/mol. The highest BCUT2D eigenvalue weighted by Crippen LogP contribution is 2.28. The van der Waals surface area contributed by atoms with Gasteiger partial charge in [0.1, 0.15) is 16.5 Å². The molecule has 1 aliphatic rings. The van der Waals surface area contributed by atoms with E-state index in [1.165, 1.54) is 19.1 Å². The number of benzene rings is 1. The summed E-state index contributed by atoms with van der Waals surface area (Å²) in [6.45, 7) is 1.62. The van der Waals surface area contributed by atoms with Gasteiger partial charge in [-0.25, -0.2) is 12.8 Å². The van der Waals surface area contributed by atoms with Gasteiger partial charge in [0.15, 0.2) is 0 Å². The van der Waals surface area contributed by atoms with Gasteiger partial charge in [0, 0.05) is 11.0 Å². The first kappa shape index (κ1) is 15.6. The molecule has 0 N–H and O–H groups in total. The number of piperidine rings is 1. The number of hydrogen-bond acceptors (Lipinski definition) is 3. The molecular weight excluding hydrogens is 349 g/mol. The van der Waals surface area contributed by atoms with Crippen LogP contribution >= 0.6 is 15.9 Å². The van der Waals surface area contributed by atoms with Gasteiger partial charge in [-0.05, 0) is 38.0 Å². The second-order valence-electron chi connectivity index (χ2n) is 4.81. The molecule has 1 aromatic carbocycles. The molecule has 1 heterocycles. The van der Waals surface area contributed by atoms with Crippen LogP contribution in [0.3, 0.4) is 0 Å². The smallest absolute Gasteiger partial charge is 0.246 e. The van der Waals surface area contributed by atoms with Crippen molar-refractivity contribution in [3.63, 3.8) is 0 Å². The molecule has 4 nitrogen and oxygen atoms in total. The van der Waals surface area contributed by atoms with Crippen molar-refractivity contribution in [3.05, 3.63) is 28.5 Å². The molecule has 0 amide bonds. The van der Waals surface area contributed by atoms with Gasteiger partial charge in [-0.15, -0.1) is 0 Å². The molecule has 7 heteroatoms. The fourth-order valence-electron chi connectivity index (χ4n) is 2.41. The number of carbonyl (C=O) groups excluding carboxylic acids is 1. The van der Waals surface area contributed by atoms with Crippen LogP contribution in [0.15, 0.2) is 27.6 Å². The number of ketones is 1. The highest BCUT2D eigenvalue weighted by atomic mass is 79.9. The number of sulfonamides is 1. The quantitative estimate of drug-likeness (QED) is 0.829. The van der Waals surface area contributed by atoms with Crippen molar-refractivity contribution in [2.75, 3.05) is 6.54 Å². The summed E-state index contributed by atoms with van der Waals surface area (Å²) < 4.78 is 40.6. The van der Waals surface area contributed by atoms with E-state index in [0.717, 1.165) is 16.8 Å². The van der Waals surface area contributed by atoms with Crippen molar-refractivity contribution in [3.8, 4) is 0 Å². The van der Waals surface area contributed by atoms with Crippen LogP contribution in [0.5, 0.6) is 0 Å². The lowest BCUT2D eigenvalue weighted by Gasteiger charge is -2.33. The van der Waals surface area contributed by atoms with Gasteiger partial charge in [0.2, 0.25) is 10.0 Å². The Bertz CT molecular complexity index is 633. The average Bonchev–Trinajstić information content (AvgIpc) is 2.38. The molecule has 1 aliphatic heterocycles. The predicted octanol–water partition coefficient (Wildman–Crippen LogP) is 2.72. The molecule has 0 saturated carbocycles. The van der Waals surface area contributed by atoms with Gasteiger partial charge in [-0.1, -0.05) is 22.4 Å². The Kier molecular flexibility index (Phi) is 4.61. The van der Waals surface area contributed by atoms with Crippen LogP contribution in [-0.4, -0.2) is 31.1 Å². The first-order valence-electron chi connectivity index (χ1n) is 6.31. The molecule has 2 rings (SSSR count). The summed E-state index contributed by atoms with van der Waals surface area (Å²) in [5, 5.41) is 0. The number of hydrogen-bond donors (Lipinski definition) is 0. The topological polar surface area (TPSA) is 54.5 Å². The molecule has 1 atom stereocenters. The van der Waals surface area contributed by atoms with E-state index in [2.05, 4.69) is 15.9 Å². The summed E-state index contributed by atoms with van der Waals surface area (Å²) >= 11 is 3.09. The average molecular weight is 364 g/mol. The lowest BCUT2D eigenvalue weighted by molar-refractivity contribution is -0.121. The maximum absolute atomic E-state index is 13.9. The first-order valence-corrected chi connectivity index (χ1v) is 8.54. The Balaban J connectivity index is 2.45. The number of halogens is 2. The predicted molar refractivity (Wildman–Crippen MR) is 76.3 cm³/mol. The van der Waals surface area contributed by atoms with E-state index in [1.54, 1.807) is 0 Å². The molecule has 0 spiro atoms. The van der Waals surface area contributed by atoms with E-state index < -0.39 is 21.9 Å².